The van der Waals surface area contributed by atoms with Crippen molar-refractivity contribution in [3.63, 3.8) is 0 Å². The molecule has 212 valence electrons. The topological polar surface area (TPSA) is 86.0 Å². The summed E-state index contributed by atoms with van der Waals surface area (Å²) in [6.45, 7) is 8.61. The lowest BCUT2D eigenvalue weighted by Crippen LogP contribution is -2.51. The van der Waals surface area contributed by atoms with Crippen molar-refractivity contribution in [2.45, 2.75) is 59.2 Å². The third-order valence-corrected chi connectivity index (χ3v) is 7.89. The van der Waals surface area contributed by atoms with Crippen LogP contribution in [0.25, 0.3) is 0 Å². The summed E-state index contributed by atoms with van der Waals surface area (Å²) in [4.78, 5) is 19.5. The van der Waals surface area contributed by atoms with Gasteiger partial charge in [0.2, 0.25) is 5.91 Å². The second-order valence-electron chi connectivity index (χ2n) is 10.1. The molecule has 1 aromatic heterocycles. The highest BCUT2D eigenvalue weighted by molar-refractivity contribution is 7.80. The minimum atomic E-state index is -0.161. The summed E-state index contributed by atoms with van der Waals surface area (Å²) in [5.41, 5.74) is 3.32. The number of carbonyl (C=O) groups is 1. The lowest BCUT2D eigenvalue weighted by Gasteiger charge is -2.33. The van der Waals surface area contributed by atoms with Gasteiger partial charge in [0.1, 0.15) is 0 Å². The number of nitrogens with one attached hydrogen (secondary N) is 2. The zero-order valence-corrected chi connectivity index (χ0v) is 25.5. The first-order valence-corrected chi connectivity index (χ1v) is 14.6. The predicted octanol–water partition coefficient (Wildman–Crippen LogP) is 5.97. The minimum Gasteiger partial charge on any atom is -0.363 e. The van der Waals surface area contributed by atoms with E-state index in [9.17, 15) is 4.79 Å². The monoisotopic (exact) mass is 598 g/mol. The van der Waals surface area contributed by atoms with Gasteiger partial charge in [-0.2, -0.15) is 5.26 Å². The van der Waals surface area contributed by atoms with Crippen LogP contribution in [0.4, 0.5) is 0 Å². The Labute approximate surface area is 252 Å². The van der Waals surface area contributed by atoms with E-state index in [1.54, 1.807) is 30.7 Å². The van der Waals surface area contributed by atoms with Gasteiger partial charge < -0.3 is 20.1 Å². The predicted molar refractivity (Wildman–Crippen MR) is 165 cm³/mol. The molecule has 2 N–H and O–H groups in total. The van der Waals surface area contributed by atoms with Gasteiger partial charge >= 0.3 is 0 Å². The Bertz CT molecular complexity index is 1320. The van der Waals surface area contributed by atoms with Gasteiger partial charge in [0.05, 0.1) is 34.4 Å². The summed E-state index contributed by atoms with van der Waals surface area (Å²) in [5, 5.41) is 17.2. The van der Waals surface area contributed by atoms with Crippen LogP contribution in [0.15, 0.2) is 55.0 Å². The van der Waals surface area contributed by atoms with Crippen molar-refractivity contribution in [1.29, 1.82) is 5.26 Å². The average molecular weight is 600 g/mol. The molecule has 10 heteroatoms. The summed E-state index contributed by atoms with van der Waals surface area (Å²) < 4.78 is 1.95. The van der Waals surface area contributed by atoms with Gasteiger partial charge in [0, 0.05) is 44.1 Å². The molecule has 2 aromatic carbocycles. The third-order valence-electron chi connectivity index (χ3n) is 6.63. The van der Waals surface area contributed by atoms with Gasteiger partial charge in [0.25, 0.3) is 0 Å². The summed E-state index contributed by atoms with van der Waals surface area (Å²) >= 11 is 18.5. The van der Waals surface area contributed by atoms with E-state index in [4.69, 9.17) is 40.7 Å². The smallest absolute Gasteiger partial charge is 0.226 e. The Balaban J connectivity index is 1.70. The molecule has 3 aromatic rings. The second-order valence-corrected chi connectivity index (χ2v) is 11.3. The van der Waals surface area contributed by atoms with E-state index >= 15 is 0 Å². The molecule has 0 bridgehead atoms. The Hall–Kier alpha value is -3.12. The summed E-state index contributed by atoms with van der Waals surface area (Å²) in [5.74, 6) is 0.0640. The van der Waals surface area contributed by atoms with E-state index in [2.05, 4.69) is 42.5 Å². The van der Waals surface area contributed by atoms with Gasteiger partial charge in [-0.25, -0.2) is 4.98 Å². The maximum atomic E-state index is 13.2. The van der Waals surface area contributed by atoms with Crippen molar-refractivity contribution in [2.75, 3.05) is 13.1 Å². The molecule has 0 spiro atoms. The van der Waals surface area contributed by atoms with Crippen molar-refractivity contribution in [3.8, 4) is 6.07 Å². The molecule has 0 fully saturated rings. The molecular formula is C30H36Cl2N6OS. The fourth-order valence-corrected chi connectivity index (χ4v) is 4.80. The maximum Gasteiger partial charge on any atom is 0.226 e. The number of unbranched alkanes of at least 4 members (excludes halogenated alkanes) is 1. The molecule has 3 rings (SSSR count). The van der Waals surface area contributed by atoms with Gasteiger partial charge in [0.15, 0.2) is 5.11 Å². The van der Waals surface area contributed by atoms with E-state index in [0.29, 0.717) is 40.4 Å². The standard InChI is InChI=1S/C30H36Cl2N6OS/c1-4-5-13-35-30(40)37(18-24-7-6-8-26(31)29(24)32)19-27(21(2)3)36-28(39)14-25-16-34-20-38(25)17-23-11-9-22(15-33)10-12-23/h6-12,16,20-21,27H,4-5,13-14,17-19H2,1-3H3,(H,35,40)(H,36,39)/t27-/m1/s1. The van der Waals surface area contributed by atoms with E-state index in [0.717, 1.165) is 36.2 Å². The van der Waals surface area contributed by atoms with Gasteiger partial charge in [-0.1, -0.05) is 74.7 Å². The first-order chi connectivity index (χ1) is 19.2. The van der Waals surface area contributed by atoms with Crippen LogP contribution in [-0.4, -0.2) is 44.6 Å². The minimum absolute atomic E-state index is 0.0918. The number of amides is 1. The number of nitrogens with zero attached hydrogens (tertiary/aromatic N) is 4. The summed E-state index contributed by atoms with van der Waals surface area (Å²) in [7, 11) is 0. The number of halogens is 2. The SMILES string of the molecule is CCCCNC(=S)N(Cc1cccc(Cl)c1Cl)C[C@@H](NC(=O)Cc1cncn1Cc1ccc(C#N)cc1)C(C)C. The van der Waals surface area contributed by atoms with Crippen molar-refractivity contribution >= 4 is 46.4 Å². The van der Waals surface area contributed by atoms with E-state index in [-0.39, 0.29) is 24.3 Å². The number of rotatable bonds is 13. The zero-order valence-electron chi connectivity index (χ0n) is 23.2. The van der Waals surface area contributed by atoms with Crippen LogP contribution in [0.5, 0.6) is 0 Å². The number of hydrogen-bond donors (Lipinski definition) is 2. The molecule has 0 saturated heterocycles. The van der Waals surface area contributed by atoms with Gasteiger partial charge in [-0.3, -0.25) is 4.79 Å². The normalized spacial score (nSPS) is 11.6. The molecule has 1 atom stereocenters. The highest BCUT2D eigenvalue weighted by Gasteiger charge is 2.23. The molecule has 0 unspecified atom stereocenters. The Morgan fingerprint density at radius 2 is 1.95 bits per heavy atom. The van der Waals surface area contributed by atoms with Crippen LogP contribution in [0, 0.1) is 17.2 Å². The lowest BCUT2D eigenvalue weighted by atomic mass is 10.0. The van der Waals surface area contributed by atoms with Crippen LogP contribution in [0.2, 0.25) is 10.0 Å². The second kappa shape index (κ2) is 15.6. The number of benzene rings is 2. The van der Waals surface area contributed by atoms with Crippen LogP contribution < -0.4 is 10.6 Å². The van der Waals surface area contributed by atoms with Crippen LogP contribution >= 0.6 is 35.4 Å². The van der Waals surface area contributed by atoms with E-state index < -0.39 is 0 Å². The van der Waals surface area contributed by atoms with Crippen molar-refractivity contribution < 1.29 is 4.79 Å². The molecule has 0 aliphatic heterocycles. The van der Waals surface area contributed by atoms with Crippen molar-refractivity contribution in [3.05, 3.63) is 87.4 Å². The number of thiocarbonyl (C=S) groups is 1. The number of hydrogen-bond acceptors (Lipinski definition) is 4. The Morgan fingerprint density at radius 1 is 1.20 bits per heavy atom. The number of nitriles is 1. The van der Waals surface area contributed by atoms with Crippen LogP contribution in [0.1, 0.15) is 56.0 Å². The molecule has 1 heterocycles. The summed E-state index contributed by atoms with van der Waals surface area (Å²) in [6, 6.07) is 14.9. The molecule has 0 aliphatic rings. The number of carbonyl (C=O) groups excluding carboxylic acids is 1. The highest BCUT2D eigenvalue weighted by atomic mass is 35.5. The van der Waals surface area contributed by atoms with Crippen molar-refractivity contribution in [2.24, 2.45) is 5.92 Å². The fourth-order valence-electron chi connectivity index (χ4n) is 4.18. The quantitative estimate of drug-likeness (QED) is 0.186. The van der Waals surface area contributed by atoms with Gasteiger partial charge in [-0.05, 0) is 53.9 Å². The van der Waals surface area contributed by atoms with Gasteiger partial charge in [-0.15, -0.1) is 0 Å². The first-order valence-electron chi connectivity index (χ1n) is 13.4. The van der Waals surface area contributed by atoms with Crippen molar-refractivity contribution in [1.82, 2.24) is 25.1 Å². The van der Waals surface area contributed by atoms with Crippen LogP contribution in [-0.2, 0) is 24.3 Å². The Morgan fingerprint density at radius 3 is 2.62 bits per heavy atom. The molecule has 0 radical (unpaired) electrons. The fraction of sp³-hybridized carbons (Fsp3) is 0.400. The van der Waals surface area contributed by atoms with Crippen LogP contribution in [0.3, 0.4) is 0 Å². The zero-order chi connectivity index (χ0) is 29.1. The molecule has 1 amide bonds. The molecular weight excluding hydrogens is 563 g/mol. The molecule has 0 aliphatic carbocycles. The molecule has 7 nitrogen and oxygen atoms in total. The lowest BCUT2D eigenvalue weighted by molar-refractivity contribution is -0.121. The summed E-state index contributed by atoms with van der Waals surface area (Å²) in [6.07, 6.45) is 5.69. The first kappa shape index (κ1) is 31.4. The highest BCUT2D eigenvalue weighted by Crippen LogP contribution is 2.27. The van der Waals surface area contributed by atoms with E-state index in [1.807, 2.05) is 33.7 Å². The van der Waals surface area contributed by atoms with E-state index in [1.165, 1.54) is 0 Å². The third kappa shape index (κ3) is 9.22. The number of aromatic nitrogens is 2. The largest absolute Gasteiger partial charge is 0.363 e. The number of imidazole rings is 1. The molecule has 40 heavy (non-hydrogen) atoms. The average Bonchev–Trinajstić information content (AvgIpc) is 3.36. The Kier molecular flexibility index (Phi) is 12.3. The maximum absolute atomic E-state index is 13.2. The molecule has 0 saturated carbocycles.